The molecule has 2 rings (SSSR count). The summed E-state index contributed by atoms with van der Waals surface area (Å²) in [6, 6.07) is 5.16. The molecule has 5 heteroatoms. The van der Waals surface area contributed by atoms with Crippen LogP contribution >= 0.6 is 27.3 Å². The number of hydrogen-bond acceptors (Lipinski definition) is 2. The minimum atomic E-state index is -0.848. The molecule has 0 aliphatic carbocycles. The maximum Gasteiger partial charge on any atom is 0.205 e. The predicted molar refractivity (Wildman–Crippen MR) is 61.8 cm³/mol. The highest BCUT2D eigenvalue weighted by molar-refractivity contribution is 9.10. The van der Waals surface area contributed by atoms with E-state index in [1.807, 2.05) is 0 Å². The lowest BCUT2D eigenvalue weighted by atomic mass is 10.1. The molecule has 0 aliphatic rings. The van der Waals surface area contributed by atoms with E-state index in [4.69, 9.17) is 0 Å². The van der Waals surface area contributed by atoms with Crippen LogP contribution in [-0.4, -0.2) is 5.78 Å². The van der Waals surface area contributed by atoms with Crippen LogP contribution in [0, 0.1) is 11.6 Å². The number of hydrogen-bond donors (Lipinski definition) is 0. The fourth-order valence-electron chi connectivity index (χ4n) is 1.24. The van der Waals surface area contributed by atoms with E-state index in [0.717, 1.165) is 6.07 Å². The maximum absolute atomic E-state index is 13.4. The summed E-state index contributed by atoms with van der Waals surface area (Å²) in [5.41, 5.74) is -0.129. The van der Waals surface area contributed by atoms with Gasteiger partial charge in [0.1, 0.15) is 11.6 Å². The van der Waals surface area contributed by atoms with Crippen molar-refractivity contribution in [3.63, 3.8) is 0 Å². The van der Waals surface area contributed by atoms with Gasteiger partial charge in [-0.05, 0) is 33.4 Å². The number of rotatable bonds is 2. The van der Waals surface area contributed by atoms with Crippen LogP contribution in [0.4, 0.5) is 8.78 Å². The van der Waals surface area contributed by atoms with E-state index in [1.165, 1.54) is 11.3 Å². The fourth-order valence-corrected chi connectivity index (χ4v) is 2.26. The molecule has 1 nitrogen and oxygen atoms in total. The molecule has 16 heavy (non-hydrogen) atoms. The van der Waals surface area contributed by atoms with Gasteiger partial charge in [0, 0.05) is 6.07 Å². The third kappa shape index (κ3) is 2.05. The number of carbonyl (C=O) groups is 1. The normalized spacial score (nSPS) is 10.4. The molecular formula is C11H5BrF2OS. The third-order valence-electron chi connectivity index (χ3n) is 2.00. The van der Waals surface area contributed by atoms with E-state index in [0.29, 0.717) is 10.9 Å². The molecule has 1 aromatic carbocycles. The van der Waals surface area contributed by atoms with Crippen LogP contribution in [0.1, 0.15) is 15.2 Å². The van der Waals surface area contributed by atoms with Crippen molar-refractivity contribution in [1.29, 1.82) is 0 Å². The Labute approximate surface area is 103 Å². The van der Waals surface area contributed by atoms with Crippen molar-refractivity contribution in [3.8, 4) is 0 Å². The minimum Gasteiger partial charge on any atom is -0.288 e. The van der Waals surface area contributed by atoms with Crippen molar-refractivity contribution in [1.82, 2.24) is 0 Å². The first-order chi connectivity index (χ1) is 7.59. The molecule has 0 amide bonds. The summed E-state index contributed by atoms with van der Waals surface area (Å²) in [6.07, 6.45) is 0. The zero-order valence-corrected chi connectivity index (χ0v) is 10.2. The Balaban J connectivity index is 2.49. The molecule has 0 atom stereocenters. The highest BCUT2D eigenvalue weighted by Gasteiger charge is 2.17. The van der Waals surface area contributed by atoms with E-state index >= 15 is 0 Å². The smallest absolute Gasteiger partial charge is 0.205 e. The Bertz CT molecular complexity index is 537. The molecule has 2 aromatic rings. The summed E-state index contributed by atoms with van der Waals surface area (Å²) in [4.78, 5) is 12.2. The van der Waals surface area contributed by atoms with Crippen LogP contribution in [-0.2, 0) is 0 Å². The van der Waals surface area contributed by atoms with Gasteiger partial charge in [0.2, 0.25) is 5.78 Å². The summed E-state index contributed by atoms with van der Waals surface area (Å²) >= 11 is 4.14. The van der Waals surface area contributed by atoms with Gasteiger partial charge in [-0.15, -0.1) is 11.3 Å². The Hall–Kier alpha value is -1.07. The van der Waals surface area contributed by atoms with E-state index in [-0.39, 0.29) is 10.0 Å². The maximum atomic E-state index is 13.4. The average Bonchev–Trinajstić information content (AvgIpc) is 2.75. The van der Waals surface area contributed by atoms with Gasteiger partial charge in [-0.3, -0.25) is 4.79 Å². The molecule has 0 saturated heterocycles. The van der Waals surface area contributed by atoms with E-state index < -0.39 is 17.4 Å². The van der Waals surface area contributed by atoms with Crippen LogP contribution in [0.25, 0.3) is 0 Å². The molecule has 1 heterocycles. The summed E-state index contributed by atoms with van der Waals surface area (Å²) in [7, 11) is 0. The Morgan fingerprint density at radius 3 is 2.62 bits per heavy atom. The summed E-state index contributed by atoms with van der Waals surface area (Å²) < 4.78 is 26.4. The molecule has 1 aromatic heterocycles. The average molecular weight is 303 g/mol. The molecule has 0 aliphatic heterocycles. The van der Waals surface area contributed by atoms with E-state index in [9.17, 15) is 13.6 Å². The standard InChI is InChI=1S/C11H5BrF2OS/c12-7-4-6(8(13)5-9(7)14)11(15)10-2-1-3-16-10/h1-5H. The number of benzene rings is 1. The minimum absolute atomic E-state index is 0.0776. The van der Waals surface area contributed by atoms with Crippen molar-refractivity contribution >= 4 is 33.0 Å². The highest BCUT2D eigenvalue weighted by atomic mass is 79.9. The van der Waals surface area contributed by atoms with Crippen molar-refractivity contribution in [3.05, 3.63) is 56.2 Å². The topological polar surface area (TPSA) is 17.1 Å². The monoisotopic (exact) mass is 302 g/mol. The molecular weight excluding hydrogens is 298 g/mol. The third-order valence-corrected chi connectivity index (χ3v) is 3.48. The molecule has 82 valence electrons. The number of thiophene rings is 1. The Morgan fingerprint density at radius 1 is 1.25 bits per heavy atom. The highest BCUT2D eigenvalue weighted by Crippen LogP contribution is 2.23. The second kappa shape index (κ2) is 4.43. The molecule has 0 radical (unpaired) electrons. The van der Waals surface area contributed by atoms with Gasteiger partial charge in [0.25, 0.3) is 0 Å². The first-order valence-electron chi connectivity index (χ1n) is 4.32. The van der Waals surface area contributed by atoms with Crippen molar-refractivity contribution in [2.24, 2.45) is 0 Å². The van der Waals surface area contributed by atoms with Crippen LogP contribution < -0.4 is 0 Å². The van der Waals surface area contributed by atoms with Crippen molar-refractivity contribution < 1.29 is 13.6 Å². The van der Waals surface area contributed by atoms with Crippen LogP contribution in [0.3, 0.4) is 0 Å². The zero-order valence-electron chi connectivity index (χ0n) is 7.84. The number of carbonyl (C=O) groups excluding carboxylic acids is 1. The lowest BCUT2D eigenvalue weighted by Gasteiger charge is -2.02. The molecule has 0 spiro atoms. The molecule has 0 unspecified atom stereocenters. The summed E-state index contributed by atoms with van der Waals surface area (Å²) in [5.74, 6) is -2.01. The van der Waals surface area contributed by atoms with Crippen molar-refractivity contribution in [2.75, 3.05) is 0 Å². The Morgan fingerprint density at radius 2 is 2.00 bits per heavy atom. The molecule has 0 fully saturated rings. The van der Waals surface area contributed by atoms with Crippen LogP contribution in [0.15, 0.2) is 34.1 Å². The van der Waals surface area contributed by atoms with Gasteiger partial charge in [-0.2, -0.15) is 0 Å². The summed E-state index contributed by atoms with van der Waals surface area (Å²) in [5, 5.41) is 1.73. The van der Waals surface area contributed by atoms with Gasteiger partial charge < -0.3 is 0 Å². The largest absolute Gasteiger partial charge is 0.288 e. The van der Waals surface area contributed by atoms with E-state index in [2.05, 4.69) is 15.9 Å². The lowest BCUT2D eigenvalue weighted by molar-refractivity contribution is 0.103. The second-order valence-electron chi connectivity index (χ2n) is 3.05. The predicted octanol–water partition coefficient (Wildman–Crippen LogP) is 4.02. The Kier molecular flexibility index (Phi) is 3.16. The first-order valence-corrected chi connectivity index (χ1v) is 5.99. The first kappa shape index (κ1) is 11.4. The fraction of sp³-hybridized carbons (Fsp3) is 0. The number of ketones is 1. The second-order valence-corrected chi connectivity index (χ2v) is 4.85. The molecule has 0 saturated carbocycles. The molecule has 0 N–H and O–H groups in total. The summed E-state index contributed by atoms with van der Waals surface area (Å²) in [6.45, 7) is 0. The van der Waals surface area contributed by atoms with Crippen LogP contribution in [0.5, 0.6) is 0 Å². The van der Waals surface area contributed by atoms with Gasteiger partial charge in [-0.1, -0.05) is 6.07 Å². The van der Waals surface area contributed by atoms with Gasteiger partial charge in [0.05, 0.1) is 14.9 Å². The lowest BCUT2D eigenvalue weighted by Crippen LogP contribution is -2.03. The van der Waals surface area contributed by atoms with Gasteiger partial charge >= 0.3 is 0 Å². The SMILES string of the molecule is O=C(c1cccs1)c1cc(Br)c(F)cc1F. The number of halogens is 3. The molecule has 0 bridgehead atoms. The zero-order chi connectivity index (χ0) is 11.7. The van der Waals surface area contributed by atoms with Crippen LogP contribution in [0.2, 0.25) is 0 Å². The van der Waals surface area contributed by atoms with Crippen molar-refractivity contribution in [2.45, 2.75) is 0 Å². The van der Waals surface area contributed by atoms with Gasteiger partial charge in [0.15, 0.2) is 0 Å². The van der Waals surface area contributed by atoms with Gasteiger partial charge in [-0.25, -0.2) is 8.78 Å². The van der Waals surface area contributed by atoms with E-state index in [1.54, 1.807) is 17.5 Å². The quantitative estimate of drug-likeness (QED) is 0.605.